The number of hydrogen-bond donors (Lipinski definition) is 2. The second kappa shape index (κ2) is 7.01. The van der Waals surface area contributed by atoms with E-state index in [0.29, 0.717) is 0 Å². The predicted octanol–water partition coefficient (Wildman–Crippen LogP) is 2.34. The SMILES string of the molecule is Cc1cccc(CNCCCCC(=O)O)c1. The topological polar surface area (TPSA) is 49.3 Å². The summed E-state index contributed by atoms with van der Waals surface area (Å²) in [6, 6.07) is 8.38. The third-order valence-electron chi connectivity index (χ3n) is 2.41. The molecule has 0 aliphatic heterocycles. The number of carbonyl (C=O) groups is 1. The molecule has 0 atom stereocenters. The Morgan fingerprint density at radius 2 is 2.19 bits per heavy atom. The van der Waals surface area contributed by atoms with Crippen LogP contribution in [0, 0.1) is 6.92 Å². The molecular weight excluding hydrogens is 202 g/mol. The monoisotopic (exact) mass is 221 g/mol. The van der Waals surface area contributed by atoms with Crippen LogP contribution >= 0.6 is 0 Å². The summed E-state index contributed by atoms with van der Waals surface area (Å²) in [6.07, 6.45) is 1.93. The van der Waals surface area contributed by atoms with Gasteiger partial charge in [0.1, 0.15) is 0 Å². The van der Waals surface area contributed by atoms with E-state index in [9.17, 15) is 4.79 Å². The van der Waals surface area contributed by atoms with E-state index in [1.54, 1.807) is 0 Å². The first-order valence-corrected chi connectivity index (χ1v) is 5.66. The Labute approximate surface area is 96.5 Å². The van der Waals surface area contributed by atoms with E-state index >= 15 is 0 Å². The summed E-state index contributed by atoms with van der Waals surface area (Å²) in [6.45, 7) is 3.81. The number of unbranched alkanes of at least 4 members (excludes halogenated alkanes) is 1. The zero-order chi connectivity index (χ0) is 11.8. The molecular formula is C13H19NO2. The van der Waals surface area contributed by atoms with Crippen molar-refractivity contribution in [1.29, 1.82) is 0 Å². The molecule has 0 saturated heterocycles. The van der Waals surface area contributed by atoms with Gasteiger partial charge in [0, 0.05) is 13.0 Å². The number of carboxylic acid groups (broad SMARTS) is 1. The fraction of sp³-hybridized carbons (Fsp3) is 0.462. The summed E-state index contributed by atoms with van der Waals surface area (Å²) in [5.74, 6) is -0.710. The van der Waals surface area contributed by atoms with Crippen molar-refractivity contribution in [3.8, 4) is 0 Å². The molecule has 0 radical (unpaired) electrons. The molecule has 0 heterocycles. The van der Waals surface area contributed by atoms with E-state index < -0.39 is 5.97 Å². The highest BCUT2D eigenvalue weighted by atomic mass is 16.4. The molecule has 0 spiro atoms. The highest BCUT2D eigenvalue weighted by molar-refractivity contribution is 5.66. The first-order valence-electron chi connectivity index (χ1n) is 5.66. The lowest BCUT2D eigenvalue weighted by atomic mass is 10.1. The predicted molar refractivity (Wildman–Crippen MR) is 64.4 cm³/mol. The first-order chi connectivity index (χ1) is 7.68. The molecule has 1 aromatic carbocycles. The van der Waals surface area contributed by atoms with Crippen LogP contribution in [0.25, 0.3) is 0 Å². The van der Waals surface area contributed by atoms with E-state index in [1.807, 2.05) is 0 Å². The number of benzene rings is 1. The number of carboxylic acids is 1. The molecule has 0 bridgehead atoms. The van der Waals surface area contributed by atoms with Crippen molar-refractivity contribution in [1.82, 2.24) is 5.32 Å². The average Bonchev–Trinajstić information content (AvgIpc) is 2.23. The van der Waals surface area contributed by atoms with Gasteiger partial charge in [0.2, 0.25) is 0 Å². The van der Waals surface area contributed by atoms with Crippen molar-refractivity contribution in [3.05, 3.63) is 35.4 Å². The molecule has 0 amide bonds. The molecule has 0 saturated carbocycles. The normalized spacial score (nSPS) is 10.3. The highest BCUT2D eigenvalue weighted by Crippen LogP contribution is 2.03. The van der Waals surface area contributed by atoms with Gasteiger partial charge in [-0.3, -0.25) is 4.79 Å². The maximum absolute atomic E-state index is 10.3. The first kappa shape index (κ1) is 12.7. The van der Waals surface area contributed by atoms with Crippen molar-refractivity contribution in [2.45, 2.75) is 32.7 Å². The maximum Gasteiger partial charge on any atom is 0.303 e. The van der Waals surface area contributed by atoms with E-state index in [1.165, 1.54) is 11.1 Å². The third kappa shape index (κ3) is 5.51. The summed E-state index contributed by atoms with van der Waals surface area (Å²) in [7, 11) is 0. The summed E-state index contributed by atoms with van der Waals surface area (Å²) in [5, 5.41) is 11.8. The molecule has 1 rings (SSSR count). The molecule has 1 aromatic rings. The Morgan fingerprint density at radius 1 is 1.38 bits per heavy atom. The third-order valence-corrected chi connectivity index (χ3v) is 2.41. The molecule has 16 heavy (non-hydrogen) atoms. The smallest absolute Gasteiger partial charge is 0.303 e. The summed E-state index contributed by atoms with van der Waals surface area (Å²) < 4.78 is 0. The number of aliphatic carboxylic acids is 1. The Bertz CT molecular complexity index is 336. The minimum absolute atomic E-state index is 0.270. The minimum Gasteiger partial charge on any atom is -0.481 e. The Morgan fingerprint density at radius 3 is 2.88 bits per heavy atom. The van der Waals surface area contributed by atoms with E-state index in [4.69, 9.17) is 5.11 Å². The summed E-state index contributed by atoms with van der Waals surface area (Å²) >= 11 is 0. The lowest BCUT2D eigenvalue weighted by Gasteiger charge is -2.05. The summed E-state index contributed by atoms with van der Waals surface area (Å²) in [4.78, 5) is 10.3. The Balaban J connectivity index is 2.09. The van der Waals surface area contributed by atoms with Crippen molar-refractivity contribution in [3.63, 3.8) is 0 Å². The molecule has 2 N–H and O–H groups in total. The highest BCUT2D eigenvalue weighted by Gasteiger charge is 1.96. The van der Waals surface area contributed by atoms with Crippen LogP contribution in [0.5, 0.6) is 0 Å². The average molecular weight is 221 g/mol. The van der Waals surface area contributed by atoms with Crippen LogP contribution in [0.4, 0.5) is 0 Å². The van der Waals surface area contributed by atoms with Crippen LogP contribution in [-0.2, 0) is 11.3 Å². The molecule has 0 aliphatic carbocycles. The second-order valence-electron chi connectivity index (χ2n) is 4.02. The molecule has 3 heteroatoms. The van der Waals surface area contributed by atoms with Crippen LogP contribution < -0.4 is 5.32 Å². The van der Waals surface area contributed by atoms with Crippen LogP contribution in [0.1, 0.15) is 30.4 Å². The quantitative estimate of drug-likeness (QED) is 0.695. The van der Waals surface area contributed by atoms with Crippen molar-refractivity contribution < 1.29 is 9.90 Å². The van der Waals surface area contributed by atoms with Gasteiger partial charge in [0.15, 0.2) is 0 Å². The van der Waals surface area contributed by atoms with Crippen LogP contribution in [0.3, 0.4) is 0 Å². The molecule has 0 aliphatic rings. The second-order valence-corrected chi connectivity index (χ2v) is 4.02. The van der Waals surface area contributed by atoms with Gasteiger partial charge in [-0.15, -0.1) is 0 Å². The number of aryl methyl sites for hydroxylation is 1. The maximum atomic E-state index is 10.3. The standard InChI is InChI=1S/C13H19NO2/c1-11-5-4-6-12(9-11)10-14-8-3-2-7-13(15)16/h4-6,9,14H,2-3,7-8,10H2,1H3,(H,15,16). The molecule has 0 unspecified atom stereocenters. The van der Waals surface area contributed by atoms with E-state index in [0.717, 1.165) is 25.9 Å². The molecule has 3 nitrogen and oxygen atoms in total. The van der Waals surface area contributed by atoms with Crippen LogP contribution in [-0.4, -0.2) is 17.6 Å². The molecule has 88 valence electrons. The molecule has 0 fully saturated rings. The number of rotatable bonds is 7. The lowest BCUT2D eigenvalue weighted by Crippen LogP contribution is -2.15. The minimum atomic E-state index is -0.710. The van der Waals surface area contributed by atoms with E-state index in [2.05, 4.69) is 36.5 Å². The van der Waals surface area contributed by atoms with Crippen molar-refractivity contribution in [2.75, 3.05) is 6.54 Å². The van der Waals surface area contributed by atoms with Crippen molar-refractivity contribution in [2.24, 2.45) is 0 Å². The Kier molecular flexibility index (Phi) is 5.57. The van der Waals surface area contributed by atoms with Gasteiger partial charge in [-0.25, -0.2) is 0 Å². The van der Waals surface area contributed by atoms with Gasteiger partial charge in [-0.2, -0.15) is 0 Å². The number of hydrogen-bond acceptors (Lipinski definition) is 2. The zero-order valence-corrected chi connectivity index (χ0v) is 9.70. The van der Waals surface area contributed by atoms with Gasteiger partial charge in [-0.05, 0) is 31.9 Å². The van der Waals surface area contributed by atoms with Gasteiger partial charge < -0.3 is 10.4 Å². The van der Waals surface area contributed by atoms with Gasteiger partial charge >= 0.3 is 5.97 Å². The van der Waals surface area contributed by atoms with Gasteiger partial charge in [0.25, 0.3) is 0 Å². The van der Waals surface area contributed by atoms with Crippen LogP contribution in [0.15, 0.2) is 24.3 Å². The number of nitrogens with one attached hydrogen (secondary N) is 1. The van der Waals surface area contributed by atoms with Gasteiger partial charge in [-0.1, -0.05) is 29.8 Å². The van der Waals surface area contributed by atoms with Gasteiger partial charge in [0.05, 0.1) is 0 Å². The van der Waals surface area contributed by atoms with E-state index in [-0.39, 0.29) is 6.42 Å². The lowest BCUT2D eigenvalue weighted by molar-refractivity contribution is -0.137. The van der Waals surface area contributed by atoms with Crippen LogP contribution in [0.2, 0.25) is 0 Å². The Hall–Kier alpha value is -1.35. The zero-order valence-electron chi connectivity index (χ0n) is 9.70. The largest absolute Gasteiger partial charge is 0.481 e. The fourth-order valence-corrected chi connectivity index (χ4v) is 1.58. The van der Waals surface area contributed by atoms with Crippen molar-refractivity contribution >= 4 is 5.97 Å². The fourth-order valence-electron chi connectivity index (χ4n) is 1.58. The summed E-state index contributed by atoms with van der Waals surface area (Å²) in [5.41, 5.74) is 2.54. The molecule has 0 aromatic heterocycles.